The van der Waals surface area contributed by atoms with Gasteiger partial charge in [0.1, 0.15) is 0 Å². The van der Waals surface area contributed by atoms with E-state index in [0.717, 1.165) is 5.56 Å². The molecule has 0 saturated carbocycles. The van der Waals surface area contributed by atoms with Crippen LogP contribution < -0.4 is 4.72 Å². The molecule has 2 rings (SSSR count). The Hall–Kier alpha value is -1.89. The second-order valence-corrected chi connectivity index (χ2v) is 7.59. The first-order chi connectivity index (χ1) is 11.8. The molecule has 0 saturated heterocycles. The molecule has 0 amide bonds. The van der Waals surface area contributed by atoms with E-state index in [1.54, 1.807) is 56.3 Å². The summed E-state index contributed by atoms with van der Waals surface area (Å²) >= 11 is 6.11. The molecule has 0 heterocycles. The number of hydrogen-bond acceptors (Lipinski definition) is 4. The maximum absolute atomic E-state index is 12.3. The molecule has 0 aliphatic heterocycles. The van der Waals surface area contributed by atoms with Gasteiger partial charge < -0.3 is 4.74 Å². The number of aryl methyl sites for hydroxylation is 1. The highest BCUT2D eigenvalue weighted by atomic mass is 35.5. The second kappa shape index (κ2) is 8.47. The quantitative estimate of drug-likeness (QED) is 0.746. The van der Waals surface area contributed by atoms with Crippen LogP contribution in [-0.4, -0.2) is 27.5 Å². The Bertz CT molecular complexity index is 865. The van der Waals surface area contributed by atoms with Crippen molar-refractivity contribution in [1.82, 2.24) is 4.72 Å². The smallest absolute Gasteiger partial charge is 0.339 e. The van der Waals surface area contributed by atoms with E-state index in [2.05, 4.69) is 4.72 Å². The number of carbonyl (C=O) groups excluding carboxylic acids is 1. The normalized spacial score (nSPS) is 11.3. The summed E-state index contributed by atoms with van der Waals surface area (Å²) in [6.07, 6.45) is 0.452. The van der Waals surface area contributed by atoms with Gasteiger partial charge in [0.15, 0.2) is 0 Å². The Balaban J connectivity index is 2.01. The molecule has 0 spiro atoms. The average Bonchev–Trinajstić information content (AvgIpc) is 2.55. The number of halogens is 1. The van der Waals surface area contributed by atoms with Crippen LogP contribution in [0.25, 0.3) is 0 Å². The van der Waals surface area contributed by atoms with Gasteiger partial charge in [-0.15, -0.1) is 0 Å². The highest BCUT2D eigenvalue weighted by Gasteiger charge is 2.16. The van der Waals surface area contributed by atoms with E-state index in [0.29, 0.717) is 17.5 Å². The summed E-state index contributed by atoms with van der Waals surface area (Å²) in [7, 11) is -3.56. The Kier molecular flexibility index (Phi) is 6.58. The minimum absolute atomic E-state index is 0.228. The Morgan fingerprint density at radius 2 is 1.92 bits per heavy atom. The maximum atomic E-state index is 12.3. The molecular weight excluding hydrogens is 362 g/mol. The highest BCUT2D eigenvalue weighted by Crippen LogP contribution is 2.19. The summed E-state index contributed by atoms with van der Waals surface area (Å²) in [5, 5.41) is 0.290. The van der Waals surface area contributed by atoms with Crippen molar-refractivity contribution in [2.75, 3.05) is 13.2 Å². The fourth-order valence-corrected chi connectivity index (χ4v) is 3.91. The molecule has 0 bridgehead atoms. The van der Waals surface area contributed by atoms with Gasteiger partial charge >= 0.3 is 5.97 Å². The number of carbonyl (C=O) groups is 1. The summed E-state index contributed by atoms with van der Waals surface area (Å²) in [5.74, 6) is -0.473. The predicted molar refractivity (Wildman–Crippen MR) is 97.5 cm³/mol. The van der Waals surface area contributed by atoms with Gasteiger partial charge in [-0.2, -0.15) is 0 Å². The van der Waals surface area contributed by atoms with Crippen molar-refractivity contribution in [2.24, 2.45) is 0 Å². The molecule has 5 nitrogen and oxygen atoms in total. The zero-order valence-electron chi connectivity index (χ0n) is 14.1. The van der Waals surface area contributed by atoms with E-state index in [1.807, 2.05) is 0 Å². The molecule has 7 heteroatoms. The molecule has 2 aromatic rings. The van der Waals surface area contributed by atoms with Crippen molar-refractivity contribution in [3.8, 4) is 0 Å². The van der Waals surface area contributed by atoms with Gasteiger partial charge in [-0.3, -0.25) is 0 Å². The molecule has 0 radical (unpaired) electrons. The van der Waals surface area contributed by atoms with Crippen molar-refractivity contribution in [3.05, 3.63) is 64.2 Å². The van der Waals surface area contributed by atoms with Crippen molar-refractivity contribution < 1.29 is 17.9 Å². The van der Waals surface area contributed by atoms with Crippen molar-refractivity contribution in [3.63, 3.8) is 0 Å². The lowest BCUT2D eigenvalue weighted by Gasteiger charge is -2.10. The standard InChI is InChI=1S/C18H20ClNO4S/c1-3-24-18(21)15-9-8-14(12-16(15)19)10-11-20-25(22,23)17-7-5-4-6-13(17)2/h4-9,12,20H,3,10-11H2,1-2H3. The van der Waals surface area contributed by atoms with Crippen molar-refractivity contribution in [2.45, 2.75) is 25.2 Å². The number of nitrogens with one attached hydrogen (secondary N) is 1. The molecule has 0 atom stereocenters. The Labute approximate surface area is 153 Å². The van der Waals surface area contributed by atoms with Crippen LogP contribution >= 0.6 is 11.6 Å². The van der Waals surface area contributed by atoms with Crippen LogP contribution in [-0.2, 0) is 21.2 Å². The predicted octanol–water partition coefficient (Wildman–Crippen LogP) is 3.35. The summed E-state index contributed by atoms with van der Waals surface area (Å²) in [6.45, 7) is 3.98. The Morgan fingerprint density at radius 3 is 2.56 bits per heavy atom. The van der Waals surface area contributed by atoms with Gasteiger partial charge in [0.05, 0.1) is 22.1 Å². The summed E-state index contributed by atoms with van der Waals surface area (Å²) < 4.78 is 32.2. The molecule has 0 aliphatic carbocycles. The van der Waals surface area contributed by atoms with Crippen LogP contribution in [0.2, 0.25) is 5.02 Å². The molecule has 0 fully saturated rings. The molecule has 2 aromatic carbocycles. The fraction of sp³-hybridized carbons (Fsp3) is 0.278. The molecule has 1 N–H and O–H groups in total. The van der Waals surface area contributed by atoms with Crippen molar-refractivity contribution in [1.29, 1.82) is 0 Å². The number of sulfonamides is 1. The summed E-state index contributed by atoms with van der Waals surface area (Å²) in [6, 6.07) is 11.8. The maximum Gasteiger partial charge on any atom is 0.339 e. The van der Waals surface area contributed by atoms with Crippen LogP contribution in [0.15, 0.2) is 47.4 Å². The number of benzene rings is 2. The molecule has 0 unspecified atom stereocenters. The third-order valence-electron chi connectivity index (χ3n) is 3.62. The average molecular weight is 382 g/mol. The molecular formula is C18H20ClNO4S. The summed E-state index contributed by atoms with van der Waals surface area (Å²) in [4.78, 5) is 12.0. The van der Waals surface area contributed by atoms with E-state index in [1.165, 1.54) is 0 Å². The third-order valence-corrected chi connectivity index (χ3v) is 5.55. The molecule has 0 aliphatic rings. The van der Waals surface area contributed by atoms with E-state index in [9.17, 15) is 13.2 Å². The number of esters is 1. The van der Waals surface area contributed by atoms with Gasteiger partial charge in [0.2, 0.25) is 10.0 Å². The van der Waals surface area contributed by atoms with Crippen molar-refractivity contribution >= 4 is 27.6 Å². The zero-order valence-corrected chi connectivity index (χ0v) is 15.7. The fourth-order valence-electron chi connectivity index (χ4n) is 2.35. The van der Waals surface area contributed by atoms with Crippen LogP contribution in [0.5, 0.6) is 0 Å². The lowest BCUT2D eigenvalue weighted by Crippen LogP contribution is -2.26. The zero-order chi connectivity index (χ0) is 18.4. The SMILES string of the molecule is CCOC(=O)c1ccc(CCNS(=O)(=O)c2ccccc2C)cc1Cl. The van der Waals surface area contributed by atoms with Gasteiger partial charge in [0.25, 0.3) is 0 Å². The lowest BCUT2D eigenvalue weighted by molar-refractivity contribution is 0.0526. The first kappa shape index (κ1) is 19.4. The monoisotopic (exact) mass is 381 g/mol. The second-order valence-electron chi connectivity index (χ2n) is 5.45. The Morgan fingerprint density at radius 1 is 1.20 bits per heavy atom. The van der Waals surface area contributed by atoms with E-state index in [-0.39, 0.29) is 23.1 Å². The number of hydrogen-bond donors (Lipinski definition) is 1. The van der Waals surface area contributed by atoms with E-state index < -0.39 is 16.0 Å². The minimum atomic E-state index is -3.56. The van der Waals surface area contributed by atoms with E-state index >= 15 is 0 Å². The third kappa shape index (κ3) is 5.04. The molecule has 25 heavy (non-hydrogen) atoms. The largest absolute Gasteiger partial charge is 0.462 e. The number of rotatable bonds is 7. The molecule has 134 valence electrons. The van der Waals surface area contributed by atoms with Crippen LogP contribution in [0.3, 0.4) is 0 Å². The first-order valence-electron chi connectivity index (χ1n) is 7.86. The topological polar surface area (TPSA) is 72.5 Å². The minimum Gasteiger partial charge on any atom is -0.462 e. The van der Waals surface area contributed by atoms with Gasteiger partial charge in [-0.05, 0) is 49.6 Å². The van der Waals surface area contributed by atoms with E-state index in [4.69, 9.17) is 16.3 Å². The van der Waals surface area contributed by atoms with Crippen LogP contribution in [0, 0.1) is 6.92 Å². The van der Waals surface area contributed by atoms with Gasteiger partial charge in [0, 0.05) is 6.54 Å². The first-order valence-corrected chi connectivity index (χ1v) is 9.72. The summed E-state index contributed by atoms with van der Waals surface area (Å²) in [5.41, 5.74) is 1.81. The molecule has 0 aromatic heterocycles. The highest BCUT2D eigenvalue weighted by molar-refractivity contribution is 7.89. The van der Waals surface area contributed by atoms with Gasteiger partial charge in [-0.1, -0.05) is 35.9 Å². The van der Waals surface area contributed by atoms with Crippen LogP contribution in [0.1, 0.15) is 28.4 Å². The lowest BCUT2D eigenvalue weighted by atomic mass is 10.1. The van der Waals surface area contributed by atoms with Gasteiger partial charge in [-0.25, -0.2) is 17.9 Å². The number of ether oxygens (including phenoxy) is 1. The van der Waals surface area contributed by atoms with Crippen LogP contribution in [0.4, 0.5) is 0 Å².